The highest BCUT2D eigenvalue weighted by molar-refractivity contribution is 5.78. The molecule has 1 saturated heterocycles. The van der Waals surface area contributed by atoms with Crippen molar-refractivity contribution in [3.8, 4) is 0 Å². The summed E-state index contributed by atoms with van der Waals surface area (Å²) in [6.45, 7) is 5.20. The lowest BCUT2D eigenvalue weighted by Gasteiger charge is -2.36. The van der Waals surface area contributed by atoms with E-state index in [-0.39, 0.29) is 24.5 Å². The van der Waals surface area contributed by atoms with Gasteiger partial charge in [0.2, 0.25) is 5.91 Å². The van der Waals surface area contributed by atoms with Crippen LogP contribution < -0.4 is 0 Å². The molecule has 1 aliphatic heterocycles. The molecular formula is C11H20N4O2. The molecule has 1 N–H and O–H groups in total. The fraction of sp³-hybridized carbons (Fsp3) is 0.909. The molecular weight excluding hydrogens is 220 g/mol. The van der Waals surface area contributed by atoms with Gasteiger partial charge in [-0.1, -0.05) is 19.0 Å². The largest absolute Gasteiger partial charge is 0.393 e. The molecule has 0 aromatic carbocycles. The number of rotatable bonds is 4. The summed E-state index contributed by atoms with van der Waals surface area (Å²) < 4.78 is 0. The van der Waals surface area contributed by atoms with Gasteiger partial charge in [0.15, 0.2) is 0 Å². The molecule has 1 amide bonds. The molecule has 96 valence electrons. The number of hydrogen-bond acceptors (Lipinski definition) is 3. The van der Waals surface area contributed by atoms with E-state index in [1.807, 2.05) is 0 Å². The van der Waals surface area contributed by atoms with Crippen LogP contribution in [0.2, 0.25) is 0 Å². The first-order valence-corrected chi connectivity index (χ1v) is 6.01. The normalized spacial score (nSPS) is 24.6. The zero-order valence-corrected chi connectivity index (χ0v) is 10.4. The fourth-order valence-electron chi connectivity index (χ4n) is 2.28. The maximum Gasteiger partial charge on any atom is 0.228 e. The summed E-state index contributed by atoms with van der Waals surface area (Å²) in [6, 6.07) is 0. The van der Waals surface area contributed by atoms with E-state index in [1.165, 1.54) is 0 Å². The number of carbonyl (C=O) groups is 1. The zero-order valence-electron chi connectivity index (χ0n) is 10.4. The SMILES string of the molecule is CC(C)C[C@H]1CN(C(=O)CN=[N+]=[N-])CC[C@@H]1O. The third-order valence-corrected chi connectivity index (χ3v) is 3.09. The number of aliphatic hydroxyl groups excluding tert-OH is 1. The Balaban J connectivity index is 2.53. The van der Waals surface area contributed by atoms with Gasteiger partial charge in [0.05, 0.1) is 6.10 Å². The number of azide groups is 1. The van der Waals surface area contributed by atoms with Crippen molar-refractivity contribution in [3.63, 3.8) is 0 Å². The molecule has 0 aliphatic carbocycles. The fourth-order valence-corrected chi connectivity index (χ4v) is 2.28. The Labute approximate surface area is 101 Å². The van der Waals surface area contributed by atoms with Gasteiger partial charge in [-0.2, -0.15) is 0 Å². The highest BCUT2D eigenvalue weighted by Gasteiger charge is 2.30. The Morgan fingerprint density at radius 3 is 2.94 bits per heavy atom. The quantitative estimate of drug-likeness (QED) is 0.459. The zero-order chi connectivity index (χ0) is 12.8. The van der Waals surface area contributed by atoms with Gasteiger partial charge < -0.3 is 10.0 Å². The lowest BCUT2D eigenvalue weighted by atomic mass is 9.87. The van der Waals surface area contributed by atoms with Crippen molar-refractivity contribution in [1.82, 2.24) is 4.90 Å². The van der Waals surface area contributed by atoms with Crippen molar-refractivity contribution < 1.29 is 9.90 Å². The standard InChI is InChI=1S/C11H20N4O2/c1-8(2)5-9-7-15(4-3-10(9)16)11(17)6-13-14-12/h8-10,16H,3-7H2,1-2H3/t9-,10-/m0/s1. The molecule has 1 rings (SSSR count). The van der Waals surface area contributed by atoms with Crippen LogP contribution in [0.3, 0.4) is 0 Å². The number of aliphatic hydroxyl groups is 1. The van der Waals surface area contributed by atoms with E-state index < -0.39 is 0 Å². The molecule has 0 radical (unpaired) electrons. The lowest BCUT2D eigenvalue weighted by Crippen LogP contribution is -2.47. The lowest BCUT2D eigenvalue weighted by molar-refractivity contribution is -0.133. The van der Waals surface area contributed by atoms with E-state index in [0.29, 0.717) is 25.4 Å². The van der Waals surface area contributed by atoms with Crippen LogP contribution in [-0.4, -0.2) is 41.7 Å². The number of hydrogen-bond donors (Lipinski definition) is 1. The van der Waals surface area contributed by atoms with Gasteiger partial charge in [-0.15, -0.1) is 0 Å². The van der Waals surface area contributed by atoms with E-state index in [1.54, 1.807) is 4.90 Å². The van der Waals surface area contributed by atoms with E-state index in [4.69, 9.17) is 5.53 Å². The van der Waals surface area contributed by atoms with Crippen molar-refractivity contribution in [3.05, 3.63) is 10.4 Å². The predicted octanol–water partition coefficient (Wildman–Crippen LogP) is 1.55. The Morgan fingerprint density at radius 1 is 1.65 bits per heavy atom. The van der Waals surface area contributed by atoms with Crippen molar-refractivity contribution >= 4 is 5.91 Å². The first-order chi connectivity index (χ1) is 8.04. The Hall–Kier alpha value is -1.26. The highest BCUT2D eigenvalue weighted by Crippen LogP contribution is 2.23. The number of carbonyl (C=O) groups excluding carboxylic acids is 1. The van der Waals surface area contributed by atoms with Gasteiger partial charge in [-0.3, -0.25) is 4.79 Å². The smallest absolute Gasteiger partial charge is 0.228 e. The average Bonchev–Trinajstić information content (AvgIpc) is 2.28. The molecule has 17 heavy (non-hydrogen) atoms. The second-order valence-corrected chi connectivity index (χ2v) is 4.97. The minimum atomic E-state index is -0.319. The summed E-state index contributed by atoms with van der Waals surface area (Å²) in [5.74, 6) is 0.490. The highest BCUT2D eigenvalue weighted by atomic mass is 16.3. The topological polar surface area (TPSA) is 89.3 Å². The number of piperidine rings is 1. The molecule has 0 unspecified atom stereocenters. The Bertz CT molecular complexity index is 313. The van der Waals surface area contributed by atoms with E-state index in [2.05, 4.69) is 23.9 Å². The summed E-state index contributed by atoms with van der Waals surface area (Å²) in [5, 5.41) is 13.2. The van der Waals surface area contributed by atoms with Crippen LogP contribution in [0.5, 0.6) is 0 Å². The van der Waals surface area contributed by atoms with E-state index in [9.17, 15) is 9.90 Å². The first-order valence-electron chi connectivity index (χ1n) is 6.01. The molecule has 2 atom stereocenters. The van der Waals surface area contributed by atoms with Crippen LogP contribution in [0, 0.1) is 11.8 Å². The second kappa shape index (κ2) is 6.47. The summed E-state index contributed by atoms with van der Waals surface area (Å²) in [6.07, 6.45) is 1.20. The van der Waals surface area contributed by atoms with Gasteiger partial charge in [-0.05, 0) is 24.3 Å². The predicted molar refractivity (Wildman–Crippen MR) is 64.2 cm³/mol. The third-order valence-electron chi connectivity index (χ3n) is 3.09. The van der Waals surface area contributed by atoms with Crippen molar-refractivity contribution in [2.24, 2.45) is 17.0 Å². The van der Waals surface area contributed by atoms with Gasteiger partial charge in [0.1, 0.15) is 6.54 Å². The van der Waals surface area contributed by atoms with Crippen LogP contribution in [0.25, 0.3) is 10.4 Å². The molecule has 1 heterocycles. The minimum Gasteiger partial charge on any atom is -0.393 e. The van der Waals surface area contributed by atoms with E-state index >= 15 is 0 Å². The van der Waals surface area contributed by atoms with Gasteiger partial charge >= 0.3 is 0 Å². The molecule has 6 heteroatoms. The molecule has 6 nitrogen and oxygen atoms in total. The van der Waals surface area contributed by atoms with Crippen LogP contribution in [0.1, 0.15) is 26.7 Å². The number of amides is 1. The van der Waals surface area contributed by atoms with Gasteiger partial charge in [-0.25, -0.2) is 0 Å². The molecule has 0 aromatic rings. The molecule has 1 aliphatic rings. The minimum absolute atomic E-state index is 0.124. The summed E-state index contributed by atoms with van der Waals surface area (Å²) >= 11 is 0. The Morgan fingerprint density at radius 2 is 2.35 bits per heavy atom. The van der Waals surface area contributed by atoms with Crippen molar-refractivity contribution in [2.75, 3.05) is 19.6 Å². The van der Waals surface area contributed by atoms with Gasteiger partial charge in [0.25, 0.3) is 0 Å². The summed E-state index contributed by atoms with van der Waals surface area (Å²) in [7, 11) is 0. The van der Waals surface area contributed by atoms with Crippen LogP contribution in [0.15, 0.2) is 5.11 Å². The first kappa shape index (κ1) is 13.8. The number of likely N-dealkylation sites (tertiary alicyclic amines) is 1. The monoisotopic (exact) mass is 240 g/mol. The van der Waals surface area contributed by atoms with Crippen molar-refractivity contribution in [1.29, 1.82) is 0 Å². The molecule has 1 fully saturated rings. The molecule has 0 aromatic heterocycles. The Kier molecular flexibility index (Phi) is 5.25. The summed E-state index contributed by atoms with van der Waals surface area (Å²) in [5.41, 5.74) is 8.17. The van der Waals surface area contributed by atoms with Crippen LogP contribution in [0.4, 0.5) is 0 Å². The second-order valence-electron chi connectivity index (χ2n) is 4.97. The molecule has 0 bridgehead atoms. The van der Waals surface area contributed by atoms with Crippen molar-refractivity contribution in [2.45, 2.75) is 32.8 Å². The third kappa shape index (κ3) is 4.24. The van der Waals surface area contributed by atoms with E-state index in [0.717, 1.165) is 6.42 Å². The van der Waals surface area contributed by atoms with Crippen LogP contribution >= 0.6 is 0 Å². The average molecular weight is 240 g/mol. The van der Waals surface area contributed by atoms with Crippen LogP contribution in [-0.2, 0) is 4.79 Å². The maximum absolute atomic E-state index is 11.7. The maximum atomic E-state index is 11.7. The molecule has 0 spiro atoms. The van der Waals surface area contributed by atoms with Gasteiger partial charge in [0, 0.05) is 23.9 Å². The molecule has 0 saturated carbocycles. The number of nitrogens with zero attached hydrogens (tertiary/aromatic N) is 4. The summed E-state index contributed by atoms with van der Waals surface area (Å²) in [4.78, 5) is 15.9.